The van der Waals surface area contributed by atoms with Gasteiger partial charge in [-0.25, -0.2) is 5.06 Å². The van der Waals surface area contributed by atoms with E-state index >= 15 is 0 Å². The van der Waals surface area contributed by atoms with E-state index in [1.54, 1.807) is 19.5 Å². The number of nitrogens with zero attached hydrogens (tertiary/aromatic N) is 2. The molecule has 1 rings (SSSR count). The van der Waals surface area contributed by atoms with Gasteiger partial charge in [0.1, 0.15) is 0 Å². The quantitative estimate of drug-likeness (QED) is 0.653. The van der Waals surface area contributed by atoms with Gasteiger partial charge < -0.3 is 0 Å². The maximum Gasteiger partial charge on any atom is 0.0825 e. The molecule has 0 aliphatic carbocycles. The lowest BCUT2D eigenvalue weighted by atomic mass is 10.1. The summed E-state index contributed by atoms with van der Waals surface area (Å²) < 4.78 is 0. The Kier molecular flexibility index (Phi) is 2.88. The smallest absolute Gasteiger partial charge is 0.0825 e. The van der Waals surface area contributed by atoms with Gasteiger partial charge in [0.15, 0.2) is 0 Å². The Morgan fingerprint density at radius 3 is 2.46 bits per heavy atom. The maximum absolute atomic E-state index is 5.29. The first-order chi connectivity index (χ1) is 6.05. The zero-order chi connectivity index (χ0) is 9.90. The highest BCUT2D eigenvalue weighted by Crippen LogP contribution is 2.21. The highest BCUT2D eigenvalue weighted by atomic mass is 16.7. The summed E-state index contributed by atoms with van der Waals surface area (Å²) in [4.78, 5) is 9.34. The van der Waals surface area contributed by atoms with Gasteiger partial charge in [-0.15, -0.1) is 0 Å². The topological polar surface area (TPSA) is 25.4 Å². The van der Waals surface area contributed by atoms with Crippen molar-refractivity contribution in [3.8, 4) is 0 Å². The third-order valence-corrected chi connectivity index (χ3v) is 1.67. The summed E-state index contributed by atoms with van der Waals surface area (Å²) >= 11 is 0. The fourth-order valence-electron chi connectivity index (χ4n) is 1.24. The summed E-state index contributed by atoms with van der Waals surface area (Å²) in [5, 5.41) is 1.83. The van der Waals surface area contributed by atoms with Crippen LogP contribution >= 0.6 is 0 Å². The van der Waals surface area contributed by atoms with E-state index < -0.39 is 0 Å². The van der Waals surface area contributed by atoms with Crippen LogP contribution in [0.3, 0.4) is 0 Å². The molecular weight excluding hydrogens is 164 g/mol. The van der Waals surface area contributed by atoms with Gasteiger partial charge in [-0.1, -0.05) is 0 Å². The van der Waals surface area contributed by atoms with Gasteiger partial charge in [-0.05, 0) is 32.9 Å². The fourth-order valence-corrected chi connectivity index (χ4v) is 1.24. The molecule has 1 aromatic heterocycles. The summed E-state index contributed by atoms with van der Waals surface area (Å²) in [6.07, 6.45) is 3.54. The monoisotopic (exact) mass is 180 g/mol. The van der Waals surface area contributed by atoms with Crippen LogP contribution in [-0.2, 0) is 4.84 Å². The van der Waals surface area contributed by atoms with E-state index in [2.05, 4.69) is 25.8 Å². The van der Waals surface area contributed by atoms with E-state index in [-0.39, 0.29) is 5.54 Å². The lowest BCUT2D eigenvalue weighted by Gasteiger charge is -2.34. The zero-order valence-electron chi connectivity index (χ0n) is 8.61. The Hall–Kier alpha value is -1.09. The number of hydroxylamine groups is 1. The van der Waals surface area contributed by atoms with E-state index in [0.717, 1.165) is 5.69 Å². The van der Waals surface area contributed by atoms with Crippen molar-refractivity contribution < 1.29 is 4.84 Å². The zero-order valence-corrected chi connectivity index (χ0v) is 8.61. The van der Waals surface area contributed by atoms with Crippen molar-refractivity contribution in [1.82, 2.24) is 4.98 Å². The van der Waals surface area contributed by atoms with Crippen LogP contribution in [0.4, 0.5) is 5.69 Å². The van der Waals surface area contributed by atoms with Crippen LogP contribution in [0.25, 0.3) is 0 Å². The Morgan fingerprint density at radius 1 is 1.38 bits per heavy atom. The van der Waals surface area contributed by atoms with Crippen LogP contribution in [0, 0.1) is 0 Å². The Morgan fingerprint density at radius 2 is 2.08 bits per heavy atom. The number of pyridine rings is 1. The standard InChI is InChI=1S/C10H16N2O/c1-10(2,3)12(13-4)9-6-5-7-11-8-9/h5-8H,1-4H3. The van der Waals surface area contributed by atoms with Crippen molar-refractivity contribution in [1.29, 1.82) is 0 Å². The van der Waals surface area contributed by atoms with Gasteiger partial charge in [-0.3, -0.25) is 9.82 Å². The van der Waals surface area contributed by atoms with Crippen molar-refractivity contribution in [2.75, 3.05) is 12.2 Å². The van der Waals surface area contributed by atoms with Crippen LogP contribution in [0.5, 0.6) is 0 Å². The van der Waals surface area contributed by atoms with Gasteiger partial charge >= 0.3 is 0 Å². The third-order valence-electron chi connectivity index (χ3n) is 1.67. The average molecular weight is 180 g/mol. The number of anilines is 1. The van der Waals surface area contributed by atoms with Crippen LogP contribution < -0.4 is 5.06 Å². The minimum atomic E-state index is -0.0578. The molecule has 1 heterocycles. The molecule has 0 saturated heterocycles. The van der Waals surface area contributed by atoms with Crippen molar-refractivity contribution in [2.45, 2.75) is 26.3 Å². The fraction of sp³-hybridized carbons (Fsp3) is 0.500. The van der Waals surface area contributed by atoms with Crippen molar-refractivity contribution >= 4 is 5.69 Å². The predicted molar refractivity (Wildman–Crippen MR) is 53.5 cm³/mol. The molecule has 0 aromatic carbocycles. The first-order valence-electron chi connectivity index (χ1n) is 4.30. The number of aromatic nitrogens is 1. The molecule has 0 aliphatic heterocycles. The molecule has 0 aliphatic rings. The van der Waals surface area contributed by atoms with Gasteiger partial charge in [-0.2, -0.15) is 0 Å². The molecular formula is C10H16N2O. The lowest BCUT2D eigenvalue weighted by Crippen LogP contribution is -2.40. The summed E-state index contributed by atoms with van der Waals surface area (Å²) in [5.74, 6) is 0. The van der Waals surface area contributed by atoms with Gasteiger partial charge in [0.25, 0.3) is 0 Å². The molecule has 3 heteroatoms. The first-order valence-corrected chi connectivity index (χ1v) is 4.30. The molecule has 0 spiro atoms. The predicted octanol–water partition coefficient (Wildman–Crippen LogP) is 2.25. The molecule has 0 N–H and O–H groups in total. The van der Waals surface area contributed by atoms with E-state index in [1.165, 1.54) is 0 Å². The van der Waals surface area contributed by atoms with Gasteiger partial charge in [0, 0.05) is 6.20 Å². The van der Waals surface area contributed by atoms with Crippen LogP contribution in [0.1, 0.15) is 20.8 Å². The molecule has 0 saturated carbocycles. The van der Waals surface area contributed by atoms with E-state index in [1.807, 2.05) is 17.2 Å². The maximum atomic E-state index is 5.29. The Labute approximate surface area is 79.3 Å². The van der Waals surface area contributed by atoms with E-state index in [4.69, 9.17) is 4.84 Å². The number of rotatable bonds is 2. The Bertz CT molecular complexity index is 253. The van der Waals surface area contributed by atoms with Crippen molar-refractivity contribution in [3.05, 3.63) is 24.5 Å². The summed E-state index contributed by atoms with van der Waals surface area (Å²) in [7, 11) is 1.66. The molecule has 3 nitrogen and oxygen atoms in total. The average Bonchev–Trinajstić information content (AvgIpc) is 2.05. The minimum Gasteiger partial charge on any atom is -0.276 e. The second-order valence-corrected chi connectivity index (χ2v) is 3.86. The van der Waals surface area contributed by atoms with Crippen molar-refractivity contribution in [2.24, 2.45) is 0 Å². The third kappa shape index (κ3) is 2.42. The molecule has 72 valence electrons. The van der Waals surface area contributed by atoms with Crippen LogP contribution in [-0.4, -0.2) is 17.6 Å². The molecule has 0 atom stereocenters. The Balaban J connectivity index is 2.92. The van der Waals surface area contributed by atoms with E-state index in [0.29, 0.717) is 0 Å². The molecule has 0 unspecified atom stereocenters. The molecule has 0 bridgehead atoms. The highest BCUT2D eigenvalue weighted by Gasteiger charge is 2.21. The van der Waals surface area contributed by atoms with Crippen molar-refractivity contribution in [3.63, 3.8) is 0 Å². The normalized spacial score (nSPS) is 11.4. The lowest BCUT2D eigenvalue weighted by molar-refractivity contribution is 0.114. The molecule has 1 aromatic rings. The largest absolute Gasteiger partial charge is 0.276 e. The summed E-state index contributed by atoms with van der Waals surface area (Å²) in [6.45, 7) is 6.26. The number of hydrogen-bond acceptors (Lipinski definition) is 3. The van der Waals surface area contributed by atoms with Gasteiger partial charge in [0.2, 0.25) is 0 Å². The summed E-state index contributed by atoms with van der Waals surface area (Å²) in [6, 6.07) is 3.87. The minimum absolute atomic E-state index is 0.0578. The molecule has 13 heavy (non-hydrogen) atoms. The molecule has 0 radical (unpaired) electrons. The van der Waals surface area contributed by atoms with Crippen LogP contribution in [0.2, 0.25) is 0 Å². The molecule has 0 amide bonds. The van der Waals surface area contributed by atoms with E-state index in [9.17, 15) is 0 Å². The summed E-state index contributed by atoms with van der Waals surface area (Å²) in [5.41, 5.74) is 0.912. The second kappa shape index (κ2) is 3.75. The molecule has 0 fully saturated rings. The second-order valence-electron chi connectivity index (χ2n) is 3.86. The first kappa shape index (κ1) is 9.99. The SMILES string of the molecule is CON(c1cccnc1)C(C)(C)C. The van der Waals surface area contributed by atoms with Crippen LogP contribution in [0.15, 0.2) is 24.5 Å². The number of hydrogen-bond donors (Lipinski definition) is 0. The van der Waals surface area contributed by atoms with Gasteiger partial charge in [0.05, 0.1) is 24.5 Å². The highest BCUT2D eigenvalue weighted by molar-refractivity contribution is 5.42.